The van der Waals surface area contributed by atoms with Gasteiger partial charge in [0.05, 0.1) is 0 Å². The third-order valence-corrected chi connectivity index (χ3v) is 3.23. The Morgan fingerprint density at radius 2 is 1.71 bits per heavy atom. The second-order valence-corrected chi connectivity index (χ2v) is 7.80. The van der Waals surface area contributed by atoms with E-state index in [0.29, 0.717) is 0 Å². The third kappa shape index (κ3) is 6.88. The van der Waals surface area contributed by atoms with Gasteiger partial charge in [-0.3, -0.25) is 0 Å². The van der Waals surface area contributed by atoms with E-state index >= 15 is 0 Å². The van der Waals surface area contributed by atoms with Crippen LogP contribution in [0, 0.1) is 3.57 Å². The van der Waals surface area contributed by atoms with E-state index in [1.165, 1.54) is 12.1 Å². The van der Waals surface area contributed by atoms with Crippen LogP contribution in [0.15, 0.2) is 24.3 Å². The average Bonchev–Trinajstić information content (AvgIpc) is 2.18. The summed E-state index contributed by atoms with van der Waals surface area (Å²) in [5.41, 5.74) is 0. The van der Waals surface area contributed by atoms with Crippen molar-refractivity contribution < 1.29 is 16.8 Å². The van der Waals surface area contributed by atoms with Crippen molar-refractivity contribution in [3.8, 4) is 5.75 Å². The summed E-state index contributed by atoms with van der Waals surface area (Å²) in [5.74, 6) is 0.120. The van der Waals surface area contributed by atoms with Crippen LogP contribution in [0.2, 0.25) is 0 Å². The summed E-state index contributed by atoms with van der Waals surface area (Å²) in [4.78, 5) is 0. The predicted octanol–water partition coefficient (Wildman–Crippen LogP) is 3.30. The van der Waals surface area contributed by atoms with E-state index in [1.54, 1.807) is 12.1 Å². The molecule has 0 saturated heterocycles. The lowest BCUT2D eigenvalue weighted by atomic mass is 10.3. The van der Waals surface area contributed by atoms with Crippen molar-refractivity contribution in [1.29, 1.82) is 0 Å². The third-order valence-electron chi connectivity index (χ3n) is 1.38. The molecule has 0 fully saturated rings. The standard InChI is InChI=1S/C8H6Cl3IO4S/c9-8(10,11)5-15-17(13,14)16-7-3-1-6(12)2-4-7/h1-4H,5H2. The fourth-order valence-electron chi connectivity index (χ4n) is 0.771. The molecule has 0 aliphatic carbocycles. The number of rotatable bonds is 4. The second-order valence-electron chi connectivity index (χ2n) is 2.82. The van der Waals surface area contributed by atoms with Crippen LogP contribution < -0.4 is 4.18 Å². The van der Waals surface area contributed by atoms with Crippen LogP contribution in [0.1, 0.15) is 0 Å². The van der Waals surface area contributed by atoms with Crippen molar-refractivity contribution in [3.63, 3.8) is 0 Å². The van der Waals surface area contributed by atoms with Crippen LogP contribution in [0.5, 0.6) is 5.75 Å². The SMILES string of the molecule is O=S(=O)(OCC(Cl)(Cl)Cl)Oc1ccc(I)cc1. The van der Waals surface area contributed by atoms with Crippen molar-refractivity contribution in [3.05, 3.63) is 27.8 Å². The van der Waals surface area contributed by atoms with E-state index in [0.717, 1.165) is 3.57 Å². The summed E-state index contributed by atoms with van der Waals surface area (Å²) in [5, 5.41) is 0. The lowest BCUT2D eigenvalue weighted by Crippen LogP contribution is -2.21. The molecule has 1 aromatic rings. The smallest absolute Gasteiger partial charge is 0.362 e. The highest BCUT2D eigenvalue weighted by atomic mass is 127. The predicted molar refractivity (Wildman–Crippen MR) is 74.9 cm³/mol. The van der Waals surface area contributed by atoms with Crippen LogP contribution in [0.3, 0.4) is 0 Å². The van der Waals surface area contributed by atoms with Gasteiger partial charge in [0, 0.05) is 3.57 Å². The second kappa shape index (κ2) is 6.12. The molecule has 9 heteroatoms. The molecule has 1 rings (SSSR count). The molecule has 0 spiro atoms. The number of benzene rings is 1. The van der Waals surface area contributed by atoms with Gasteiger partial charge in [-0.2, -0.15) is 8.42 Å². The molecule has 0 N–H and O–H groups in total. The number of hydrogen-bond donors (Lipinski definition) is 0. The van der Waals surface area contributed by atoms with Gasteiger partial charge in [-0.05, 0) is 46.9 Å². The number of hydrogen-bond acceptors (Lipinski definition) is 4. The van der Waals surface area contributed by atoms with Gasteiger partial charge in [-0.15, -0.1) is 0 Å². The molecule has 0 atom stereocenters. The fraction of sp³-hybridized carbons (Fsp3) is 0.250. The Bertz CT molecular complexity index is 469. The van der Waals surface area contributed by atoms with E-state index in [4.69, 9.17) is 34.8 Å². The Balaban J connectivity index is 2.64. The first-order valence-electron chi connectivity index (χ1n) is 4.09. The highest BCUT2D eigenvalue weighted by Crippen LogP contribution is 2.27. The van der Waals surface area contributed by atoms with Gasteiger partial charge in [-0.1, -0.05) is 34.8 Å². The molecule has 0 unspecified atom stereocenters. The van der Waals surface area contributed by atoms with E-state index < -0.39 is 20.8 Å². The van der Waals surface area contributed by atoms with Crippen molar-refractivity contribution in [1.82, 2.24) is 0 Å². The maximum atomic E-state index is 11.3. The molecule has 0 heterocycles. The van der Waals surface area contributed by atoms with Crippen molar-refractivity contribution in [2.75, 3.05) is 6.61 Å². The molecule has 0 saturated carbocycles. The van der Waals surface area contributed by atoms with Gasteiger partial charge in [0.1, 0.15) is 12.4 Å². The summed E-state index contributed by atoms with van der Waals surface area (Å²) in [7, 11) is -4.24. The van der Waals surface area contributed by atoms with E-state index in [-0.39, 0.29) is 5.75 Å². The molecule has 0 aliphatic heterocycles. The van der Waals surface area contributed by atoms with Gasteiger partial charge in [0.25, 0.3) is 0 Å². The minimum atomic E-state index is -4.24. The minimum Gasteiger partial charge on any atom is -0.362 e. The van der Waals surface area contributed by atoms with Gasteiger partial charge >= 0.3 is 10.4 Å². The minimum absolute atomic E-state index is 0.120. The quantitative estimate of drug-likeness (QED) is 0.542. The van der Waals surface area contributed by atoms with E-state index in [9.17, 15) is 8.42 Å². The zero-order valence-corrected chi connectivity index (χ0v) is 13.3. The van der Waals surface area contributed by atoms with Crippen LogP contribution in [0.25, 0.3) is 0 Å². The first-order valence-corrected chi connectivity index (χ1v) is 7.64. The summed E-state index contributed by atoms with van der Waals surface area (Å²) in [6.07, 6.45) is 0. The summed E-state index contributed by atoms with van der Waals surface area (Å²) >= 11 is 18.1. The first-order chi connectivity index (χ1) is 7.68. The van der Waals surface area contributed by atoms with Crippen molar-refractivity contribution in [2.45, 2.75) is 3.79 Å². The van der Waals surface area contributed by atoms with Crippen molar-refractivity contribution >= 4 is 67.8 Å². The average molecular weight is 431 g/mol. The van der Waals surface area contributed by atoms with E-state index in [1.807, 2.05) is 0 Å². The maximum absolute atomic E-state index is 11.3. The Morgan fingerprint density at radius 1 is 1.18 bits per heavy atom. The molecule has 0 radical (unpaired) electrons. The zero-order chi connectivity index (χ0) is 13.1. The van der Waals surface area contributed by atoms with Crippen LogP contribution in [0.4, 0.5) is 0 Å². The Morgan fingerprint density at radius 3 is 2.18 bits per heavy atom. The lowest BCUT2D eigenvalue weighted by Gasteiger charge is -2.11. The molecular weight excluding hydrogens is 425 g/mol. The topological polar surface area (TPSA) is 52.6 Å². The van der Waals surface area contributed by atoms with E-state index in [2.05, 4.69) is 31.0 Å². The number of halogens is 4. The van der Waals surface area contributed by atoms with Crippen LogP contribution in [-0.4, -0.2) is 18.8 Å². The maximum Gasteiger partial charge on any atom is 0.449 e. The highest BCUT2D eigenvalue weighted by Gasteiger charge is 2.25. The molecule has 96 valence electrons. The van der Waals surface area contributed by atoms with Gasteiger partial charge < -0.3 is 4.18 Å². The normalized spacial score (nSPS) is 12.5. The molecule has 0 bridgehead atoms. The molecule has 17 heavy (non-hydrogen) atoms. The monoisotopic (exact) mass is 430 g/mol. The van der Waals surface area contributed by atoms with Crippen molar-refractivity contribution in [2.24, 2.45) is 0 Å². The van der Waals surface area contributed by atoms with Gasteiger partial charge in [0.2, 0.25) is 3.79 Å². The van der Waals surface area contributed by atoms with Gasteiger partial charge in [-0.25, -0.2) is 4.18 Å². The summed E-state index contributed by atoms with van der Waals surface area (Å²) < 4.78 is 30.7. The molecule has 4 nitrogen and oxygen atoms in total. The number of alkyl halides is 3. The van der Waals surface area contributed by atoms with Crippen LogP contribution >= 0.6 is 57.4 Å². The Labute approximate surface area is 128 Å². The molecule has 0 aliphatic rings. The molecule has 1 aromatic carbocycles. The van der Waals surface area contributed by atoms with Crippen LogP contribution in [-0.2, 0) is 14.6 Å². The Hall–Kier alpha value is 0.530. The Kier molecular flexibility index (Phi) is 5.61. The summed E-state index contributed by atoms with van der Waals surface area (Å²) in [6, 6.07) is 6.33. The summed E-state index contributed by atoms with van der Waals surface area (Å²) in [6.45, 7) is -0.621. The largest absolute Gasteiger partial charge is 0.449 e. The molecular formula is C8H6Cl3IO4S. The van der Waals surface area contributed by atoms with Gasteiger partial charge in [0.15, 0.2) is 0 Å². The highest BCUT2D eigenvalue weighted by molar-refractivity contribution is 14.1. The fourth-order valence-corrected chi connectivity index (χ4v) is 2.20. The molecule has 0 amide bonds. The molecule has 0 aromatic heterocycles. The lowest BCUT2D eigenvalue weighted by molar-refractivity contribution is 0.279. The zero-order valence-electron chi connectivity index (χ0n) is 8.07. The first kappa shape index (κ1) is 15.6.